The zero-order chi connectivity index (χ0) is 41.2. The van der Waals surface area contributed by atoms with Crippen LogP contribution in [0.3, 0.4) is 0 Å². The van der Waals surface area contributed by atoms with Crippen LogP contribution < -0.4 is 26.4 Å². The first-order valence-electron chi connectivity index (χ1n) is 19.6. The molecule has 1 unspecified atom stereocenters. The van der Waals surface area contributed by atoms with E-state index in [4.69, 9.17) is 9.47 Å². The van der Waals surface area contributed by atoms with Crippen LogP contribution in [0.5, 0.6) is 5.75 Å². The van der Waals surface area contributed by atoms with Crippen LogP contribution in [0.15, 0.2) is 101 Å². The fourth-order valence-corrected chi connectivity index (χ4v) is 13.4. The molecule has 304 valence electrons. The number of likely N-dealkylation sites (tertiary alicyclic amines) is 1. The number of nitrogens with zero attached hydrogens (tertiary/aromatic N) is 6. The Morgan fingerprint density at radius 1 is 1.00 bits per heavy atom. The van der Waals surface area contributed by atoms with E-state index in [2.05, 4.69) is 24.0 Å². The Hall–Kier alpha value is -5.22. The number of benzene rings is 3. The van der Waals surface area contributed by atoms with Gasteiger partial charge in [0.25, 0.3) is 13.9 Å². The number of carbonyl (C=O) groups excluding carboxylic acids is 1. The molecule has 0 spiro atoms. The van der Waals surface area contributed by atoms with E-state index >= 15 is 4.39 Å². The monoisotopic (exact) mass is 824 g/mol. The average Bonchev–Trinajstić information content (AvgIpc) is 3.89. The molecular formula is C43H49FN6O6SSi. The standard InChI is InChI=1S/C43H49FN6O6SSi/c1-6-47-25-13-19-34(38(47)51)49-39(52)37-29(2)40(50-45-23-24-46-50)57-41(37)48(42(49)53)28-36(33-27-30(44)20-21-35(33)55-5)56-26-14-22-43(3,4)58(54,31-15-9-7-10-16-31)32-17-11-8-12-18-32/h7-12,15-18,20-21,23-24,27,34,36,54H,6,13-14,19,22,25-26,28H2,1-5H3/t34?,36-/m0/s1. The van der Waals surface area contributed by atoms with E-state index in [1.807, 2.05) is 67.6 Å². The van der Waals surface area contributed by atoms with E-state index in [1.165, 1.54) is 58.4 Å². The van der Waals surface area contributed by atoms with Crippen LogP contribution in [0, 0.1) is 12.7 Å². The van der Waals surface area contributed by atoms with Crippen molar-refractivity contribution in [3.63, 3.8) is 0 Å². The number of fused-ring (bicyclic) bond motifs is 1. The second-order valence-corrected chi connectivity index (χ2v) is 20.3. The Bertz CT molecular complexity index is 2470. The number of hydrogen-bond donors (Lipinski definition) is 1. The van der Waals surface area contributed by atoms with Gasteiger partial charge < -0.3 is 19.2 Å². The van der Waals surface area contributed by atoms with Crippen molar-refractivity contribution in [2.24, 2.45) is 0 Å². The van der Waals surface area contributed by atoms with Crippen molar-refractivity contribution < 1.29 is 23.5 Å². The molecule has 6 aromatic rings. The van der Waals surface area contributed by atoms with Gasteiger partial charge in [0.2, 0.25) is 5.91 Å². The smallest absolute Gasteiger partial charge is 0.332 e. The second-order valence-electron chi connectivity index (χ2n) is 15.4. The van der Waals surface area contributed by atoms with Crippen LogP contribution in [-0.2, 0) is 16.1 Å². The zero-order valence-electron chi connectivity index (χ0n) is 33.4. The molecule has 3 aromatic carbocycles. The highest BCUT2D eigenvalue weighted by molar-refractivity contribution is 7.21. The van der Waals surface area contributed by atoms with Gasteiger partial charge in [0.1, 0.15) is 33.5 Å². The SMILES string of the molecule is CCN1CCCC(n2c(=O)c3c(C)c(-n4nccn4)sc3n(C[C@H](OCCCC(C)(C)[Si](O)(c3ccccc3)c3ccccc3)c3cc(F)ccc3OC)c2=O)C1=O. The average molecular weight is 825 g/mol. The molecule has 58 heavy (non-hydrogen) atoms. The Balaban J connectivity index is 1.29. The number of piperidine rings is 1. The molecule has 0 saturated carbocycles. The fourth-order valence-electron chi connectivity index (χ4n) is 8.36. The largest absolute Gasteiger partial charge is 0.496 e. The lowest BCUT2D eigenvalue weighted by Crippen LogP contribution is -2.65. The summed E-state index contributed by atoms with van der Waals surface area (Å²) in [5.41, 5.74) is -0.277. The van der Waals surface area contributed by atoms with Gasteiger partial charge in [0, 0.05) is 30.8 Å². The molecule has 0 bridgehead atoms. The maximum absolute atomic E-state index is 15.1. The van der Waals surface area contributed by atoms with Gasteiger partial charge in [-0.2, -0.15) is 10.2 Å². The number of rotatable bonds is 15. The van der Waals surface area contributed by atoms with Crippen LogP contribution in [-0.4, -0.2) is 74.9 Å². The predicted octanol–water partition coefficient (Wildman–Crippen LogP) is 5.52. The van der Waals surface area contributed by atoms with E-state index in [-0.39, 0.29) is 24.4 Å². The minimum atomic E-state index is -3.30. The highest BCUT2D eigenvalue weighted by Crippen LogP contribution is 2.40. The van der Waals surface area contributed by atoms with Crippen molar-refractivity contribution in [2.75, 3.05) is 26.8 Å². The summed E-state index contributed by atoms with van der Waals surface area (Å²) >= 11 is 1.19. The normalized spacial score (nSPS) is 15.6. The maximum Gasteiger partial charge on any atom is 0.332 e. The molecule has 3 aromatic heterocycles. The molecule has 2 atom stereocenters. The van der Waals surface area contributed by atoms with Gasteiger partial charge in [-0.1, -0.05) is 85.8 Å². The van der Waals surface area contributed by atoms with Gasteiger partial charge in [-0.05, 0) is 73.1 Å². The number of aromatic nitrogens is 5. The number of thiophene rings is 1. The van der Waals surface area contributed by atoms with E-state index in [1.54, 1.807) is 11.8 Å². The molecule has 1 amide bonds. The Morgan fingerprint density at radius 2 is 1.66 bits per heavy atom. The highest BCUT2D eigenvalue weighted by Gasteiger charge is 2.49. The second kappa shape index (κ2) is 16.9. The van der Waals surface area contributed by atoms with Crippen molar-refractivity contribution >= 4 is 46.2 Å². The summed E-state index contributed by atoms with van der Waals surface area (Å²) in [6.45, 7) is 8.89. The van der Waals surface area contributed by atoms with Gasteiger partial charge in [0.15, 0.2) is 0 Å². The topological polar surface area (TPSA) is 134 Å². The van der Waals surface area contributed by atoms with Crippen molar-refractivity contribution in [3.8, 4) is 10.8 Å². The molecule has 0 aliphatic carbocycles. The molecule has 15 heteroatoms. The number of halogens is 1. The lowest BCUT2D eigenvalue weighted by Gasteiger charge is -2.41. The fraction of sp³-hybridized carbons (Fsp3) is 0.372. The van der Waals surface area contributed by atoms with Gasteiger partial charge in [0.05, 0.1) is 31.4 Å². The van der Waals surface area contributed by atoms with E-state index in [0.717, 1.165) is 14.9 Å². The third-order valence-corrected chi connectivity index (χ3v) is 17.4. The number of methoxy groups -OCH3 is 1. The Morgan fingerprint density at radius 3 is 2.28 bits per heavy atom. The first-order chi connectivity index (χ1) is 27.9. The van der Waals surface area contributed by atoms with Crippen molar-refractivity contribution in [1.29, 1.82) is 0 Å². The van der Waals surface area contributed by atoms with E-state index in [0.29, 0.717) is 65.5 Å². The van der Waals surface area contributed by atoms with Crippen molar-refractivity contribution in [1.82, 2.24) is 29.0 Å². The van der Waals surface area contributed by atoms with Gasteiger partial charge in [-0.3, -0.25) is 14.2 Å². The van der Waals surface area contributed by atoms with Crippen LogP contribution in [0.25, 0.3) is 15.2 Å². The minimum Gasteiger partial charge on any atom is -0.496 e. The molecule has 12 nitrogen and oxygen atoms in total. The summed E-state index contributed by atoms with van der Waals surface area (Å²) < 4.78 is 30.0. The summed E-state index contributed by atoms with van der Waals surface area (Å²) in [6, 6.07) is 22.8. The zero-order valence-corrected chi connectivity index (χ0v) is 35.2. The van der Waals surface area contributed by atoms with E-state index in [9.17, 15) is 19.2 Å². The Labute approximate surface area is 341 Å². The lowest BCUT2D eigenvalue weighted by atomic mass is 10.0. The lowest BCUT2D eigenvalue weighted by molar-refractivity contribution is -0.137. The highest BCUT2D eigenvalue weighted by atomic mass is 32.1. The number of carbonyl (C=O) groups is 1. The quantitative estimate of drug-likeness (QED) is 0.106. The van der Waals surface area contributed by atoms with Crippen LogP contribution in [0.4, 0.5) is 4.39 Å². The number of ether oxygens (including phenoxy) is 2. The summed E-state index contributed by atoms with van der Waals surface area (Å²) in [5, 5.41) is 10.7. The summed E-state index contributed by atoms with van der Waals surface area (Å²) in [6.07, 6.45) is 4.21. The molecule has 1 N–H and O–H groups in total. The van der Waals surface area contributed by atoms with Crippen LogP contribution in [0.2, 0.25) is 5.04 Å². The van der Waals surface area contributed by atoms with Gasteiger partial charge in [-0.25, -0.2) is 13.8 Å². The van der Waals surface area contributed by atoms with Crippen molar-refractivity contribution in [2.45, 2.75) is 77.1 Å². The molecule has 7 rings (SSSR count). The minimum absolute atomic E-state index is 0.129. The molecule has 4 heterocycles. The number of hydrogen-bond acceptors (Lipinski definition) is 9. The number of amides is 1. The van der Waals surface area contributed by atoms with Crippen molar-refractivity contribution in [3.05, 3.63) is 129 Å². The molecular weight excluding hydrogens is 776 g/mol. The summed E-state index contributed by atoms with van der Waals surface area (Å²) in [4.78, 5) is 59.2. The molecule has 1 fully saturated rings. The van der Waals surface area contributed by atoms with Crippen LogP contribution >= 0.6 is 11.3 Å². The summed E-state index contributed by atoms with van der Waals surface area (Å²) in [7, 11) is -1.82. The molecule has 1 aliphatic rings. The number of aryl methyl sites for hydroxylation is 1. The first-order valence-corrected chi connectivity index (χ1v) is 22.4. The molecule has 1 saturated heterocycles. The van der Waals surface area contributed by atoms with Crippen LogP contribution in [0.1, 0.15) is 69.7 Å². The third-order valence-electron chi connectivity index (χ3n) is 11.5. The van der Waals surface area contributed by atoms with E-state index < -0.39 is 42.6 Å². The van der Waals surface area contributed by atoms with Gasteiger partial charge >= 0.3 is 5.69 Å². The third kappa shape index (κ3) is 7.47. The predicted molar refractivity (Wildman–Crippen MR) is 226 cm³/mol. The molecule has 0 radical (unpaired) electrons. The Kier molecular flexibility index (Phi) is 12.0. The summed E-state index contributed by atoms with van der Waals surface area (Å²) in [5.74, 6) is -0.428. The number of likely N-dealkylation sites (N-methyl/N-ethyl adjacent to an activating group) is 1. The van der Waals surface area contributed by atoms with Gasteiger partial charge in [-0.15, -0.1) is 4.80 Å². The maximum atomic E-state index is 15.1. The first kappa shape index (κ1) is 41.0. The molecule has 1 aliphatic heterocycles.